The molecule has 0 fully saturated rings. The zero-order valence-electron chi connectivity index (χ0n) is 10.6. The number of aryl methyl sites for hydroxylation is 1. The smallest absolute Gasteiger partial charge is 0.268 e. The van der Waals surface area contributed by atoms with Crippen molar-refractivity contribution >= 4 is 17.5 Å². The van der Waals surface area contributed by atoms with Gasteiger partial charge >= 0.3 is 0 Å². The maximum Gasteiger partial charge on any atom is 0.268 e. The summed E-state index contributed by atoms with van der Waals surface area (Å²) in [6.07, 6.45) is 6.47. The minimum atomic E-state index is -0.131. The summed E-state index contributed by atoms with van der Waals surface area (Å²) in [5.41, 5.74) is 2.82. The maximum atomic E-state index is 12.1. The van der Waals surface area contributed by atoms with Crippen LogP contribution < -0.4 is 5.32 Å². The number of fused-ring (bicyclic) bond motifs is 1. The van der Waals surface area contributed by atoms with Gasteiger partial charge in [-0.05, 0) is 25.3 Å². The predicted molar refractivity (Wildman–Crippen MR) is 72.2 cm³/mol. The Labute approximate surface area is 116 Å². The highest BCUT2D eigenvalue weighted by Gasteiger charge is 2.25. The van der Waals surface area contributed by atoms with Gasteiger partial charge in [-0.1, -0.05) is 11.6 Å². The van der Waals surface area contributed by atoms with Gasteiger partial charge in [0.1, 0.15) is 5.69 Å². The Morgan fingerprint density at radius 2 is 2.47 bits per heavy atom. The number of hydrogen-bond donors (Lipinski definition) is 2. The van der Waals surface area contributed by atoms with Crippen LogP contribution in [0, 0.1) is 0 Å². The summed E-state index contributed by atoms with van der Waals surface area (Å²) in [4.78, 5) is 15.0. The van der Waals surface area contributed by atoms with Gasteiger partial charge in [-0.3, -0.25) is 9.48 Å². The molecule has 0 aliphatic heterocycles. The molecule has 2 aromatic heterocycles. The molecule has 2 N–H and O–H groups in total. The van der Waals surface area contributed by atoms with Crippen LogP contribution in [0.4, 0.5) is 0 Å². The zero-order valence-corrected chi connectivity index (χ0v) is 11.4. The largest absolute Gasteiger partial charge is 0.356 e. The molecule has 1 amide bonds. The van der Waals surface area contributed by atoms with E-state index in [0.29, 0.717) is 10.7 Å². The van der Waals surface area contributed by atoms with E-state index in [2.05, 4.69) is 15.4 Å². The maximum absolute atomic E-state index is 12.1. The summed E-state index contributed by atoms with van der Waals surface area (Å²) in [6.45, 7) is 0. The van der Waals surface area contributed by atoms with Crippen molar-refractivity contribution < 1.29 is 4.79 Å². The number of carbonyl (C=O) groups excluding carboxylic acids is 1. The Morgan fingerprint density at radius 1 is 1.63 bits per heavy atom. The van der Waals surface area contributed by atoms with Crippen LogP contribution in [-0.2, 0) is 13.5 Å². The van der Waals surface area contributed by atoms with Gasteiger partial charge in [0.05, 0.1) is 17.3 Å². The Bertz CT molecular complexity index is 616. The van der Waals surface area contributed by atoms with Gasteiger partial charge in [0.15, 0.2) is 0 Å². The lowest BCUT2D eigenvalue weighted by molar-refractivity contribution is 0.0928. The highest BCUT2D eigenvalue weighted by atomic mass is 35.5. The monoisotopic (exact) mass is 278 g/mol. The summed E-state index contributed by atoms with van der Waals surface area (Å²) in [6, 6.07) is 1.66. The molecule has 19 heavy (non-hydrogen) atoms. The molecule has 0 bridgehead atoms. The second kappa shape index (κ2) is 4.74. The van der Waals surface area contributed by atoms with Crippen molar-refractivity contribution in [2.24, 2.45) is 7.05 Å². The van der Waals surface area contributed by atoms with Crippen molar-refractivity contribution in [1.29, 1.82) is 0 Å². The fourth-order valence-electron chi connectivity index (χ4n) is 2.59. The second-order valence-corrected chi connectivity index (χ2v) is 5.26. The number of hydrogen-bond acceptors (Lipinski definition) is 2. The van der Waals surface area contributed by atoms with Crippen molar-refractivity contribution in [3.05, 3.63) is 40.4 Å². The van der Waals surface area contributed by atoms with Gasteiger partial charge in [-0.15, -0.1) is 0 Å². The first-order valence-corrected chi connectivity index (χ1v) is 6.68. The molecule has 100 valence electrons. The topological polar surface area (TPSA) is 62.7 Å². The number of rotatable bonds is 2. The average molecular weight is 279 g/mol. The van der Waals surface area contributed by atoms with Crippen molar-refractivity contribution in [1.82, 2.24) is 20.1 Å². The number of carbonyl (C=O) groups is 1. The molecule has 6 heteroatoms. The van der Waals surface area contributed by atoms with Crippen LogP contribution in [0.2, 0.25) is 5.02 Å². The molecule has 1 aliphatic carbocycles. The summed E-state index contributed by atoms with van der Waals surface area (Å²) < 4.78 is 1.89. The van der Waals surface area contributed by atoms with E-state index in [-0.39, 0.29) is 11.9 Å². The molecule has 1 atom stereocenters. The van der Waals surface area contributed by atoms with E-state index in [4.69, 9.17) is 11.6 Å². The number of nitrogens with zero attached hydrogens (tertiary/aromatic N) is 2. The number of amides is 1. The first-order chi connectivity index (χ1) is 9.15. The third kappa shape index (κ3) is 2.26. The van der Waals surface area contributed by atoms with Gasteiger partial charge in [-0.2, -0.15) is 5.10 Å². The van der Waals surface area contributed by atoms with Crippen LogP contribution in [-0.4, -0.2) is 20.7 Å². The first-order valence-electron chi connectivity index (χ1n) is 6.30. The van der Waals surface area contributed by atoms with Gasteiger partial charge in [0, 0.05) is 24.5 Å². The average Bonchev–Trinajstić information content (AvgIpc) is 2.98. The van der Waals surface area contributed by atoms with Crippen LogP contribution in [0.15, 0.2) is 18.5 Å². The SMILES string of the molecule is Cn1ncc2c1CCC[C@H]2NC(=O)c1cc(Cl)c[nH]1. The lowest BCUT2D eigenvalue weighted by atomic mass is 9.93. The summed E-state index contributed by atoms with van der Waals surface area (Å²) >= 11 is 5.81. The van der Waals surface area contributed by atoms with E-state index >= 15 is 0 Å². The highest BCUT2D eigenvalue weighted by molar-refractivity contribution is 6.30. The first kappa shape index (κ1) is 12.3. The lowest BCUT2D eigenvalue weighted by Gasteiger charge is -2.23. The molecular formula is C13H15ClN4O. The van der Waals surface area contributed by atoms with Crippen molar-refractivity contribution in [2.45, 2.75) is 25.3 Å². The molecule has 5 nitrogen and oxygen atoms in total. The van der Waals surface area contributed by atoms with Gasteiger partial charge in [0.25, 0.3) is 5.91 Å². The molecule has 1 aliphatic rings. The summed E-state index contributed by atoms with van der Waals surface area (Å²) in [5.74, 6) is -0.131. The molecule has 0 saturated heterocycles. The van der Waals surface area contributed by atoms with Crippen LogP contribution in [0.3, 0.4) is 0 Å². The molecular weight excluding hydrogens is 264 g/mol. The molecule has 2 aromatic rings. The molecule has 0 aromatic carbocycles. The summed E-state index contributed by atoms with van der Waals surface area (Å²) in [5, 5.41) is 7.84. The Balaban J connectivity index is 1.79. The third-order valence-corrected chi connectivity index (χ3v) is 3.79. The normalized spacial score (nSPS) is 18.1. The predicted octanol–water partition coefficient (Wildman–Crippen LogP) is 2.21. The molecule has 0 unspecified atom stereocenters. The van der Waals surface area contributed by atoms with E-state index < -0.39 is 0 Å². The van der Waals surface area contributed by atoms with E-state index in [1.807, 2.05) is 17.9 Å². The Hall–Kier alpha value is -1.75. The number of H-pyrrole nitrogens is 1. The standard InChI is InChI=1S/C13H15ClN4O/c1-18-12-4-2-3-10(9(12)7-16-18)17-13(19)11-5-8(14)6-15-11/h5-7,10,15H,2-4H2,1H3,(H,17,19)/t10-/m1/s1. The number of nitrogens with one attached hydrogen (secondary N) is 2. The number of aromatic nitrogens is 3. The van der Waals surface area contributed by atoms with Crippen molar-refractivity contribution in [3.8, 4) is 0 Å². The number of halogens is 1. The Morgan fingerprint density at radius 3 is 3.21 bits per heavy atom. The van der Waals surface area contributed by atoms with E-state index in [1.165, 1.54) is 5.69 Å². The molecule has 3 rings (SSSR count). The van der Waals surface area contributed by atoms with E-state index in [0.717, 1.165) is 24.8 Å². The minimum Gasteiger partial charge on any atom is -0.356 e. The molecule has 0 radical (unpaired) electrons. The van der Waals surface area contributed by atoms with Crippen LogP contribution >= 0.6 is 11.6 Å². The second-order valence-electron chi connectivity index (χ2n) is 4.82. The van der Waals surface area contributed by atoms with Crippen LogP contribution in [0.5, 0.6) is 0 Å². The van der Waals surface area contributed by atoms with Crippen molar-refractivity contribution in [2.75, 3.05) is 0 Å². The highest BCUT2D eigenvalue weighted by Crippen LogP contribution is 2.29. The lowest BCUT2D eigenvalue weighted by Crippen LogP contribution is -2.31. The quantitative estimate of drug-likeness (QED) is 0.885. The van der Waals surface area contributed by atoms with Gasteiger partial charge in [0.2, 0.25) is 0 Å². The Kier molecular flexibility index (Phi) is 3.06. The minimum absolute atomic E-state index is 0.0343. The zero-order chi connectivity index (χ0) is 13.4. The molecule has 2 heterocycles. The van der Waals surface area contributed by atoms with Crippen molar-refractivity contribution in [3.63, 3.8) is 0 Å². The fraction of sp³-hybridized carbons (Fsp3) is 0.385. The molecule has 0 spiro atoms. The third-order valence-electron chi connectivity index (χ3n) is 3.57. The summed E-state index contributed by atoms with van der Waals surface area (Å²) in [7, 11) is 1.94. The fourth-order valence-corrected chi connectivity index (χ4v) is 2.75. The number of aromatic amines is 1. The van der Waals surface area contributed by atoms with Gasteiger partial charge in [-0.25, -0.2) is 0 Å². The van der Waals surface area contributed by atoms with Crippen LogP contribution in [0.1, 0.15) is 40.6 Å². The van der Waals surface area contributed by atoms with Crippen LogP contribution in [0.25, 0.3) is 0 Å². The van der Waals surface area contributed by atoms with E-state index in [1.54, 1.807) is 12.3 Å². The van der Waals surface area contributed by atoms with Gasteiger partial charge < -0.3 is 10.3 Å². The van der Waals surface area contributed by atoms with E-state index in [9.17, 15) is 4.79 Å². The molecule has 0 saturated carbocycles.